The Hall–Kier alpha value is -3.74. The van der Waals surface area contributed by atoms with Crippen LogP contribution in [-0.4, -0.2) is 52.2 Å². The van der Waals surface area contributed by atoms with Gasteiger partial charge in [0.1, 0.15) is 29.7 Å². The van der Waals surface area contributed by atoms with E-state index in [4.69, 9.17) is 4.74 Å². The molecule has 0 spiro atoms. The minimum absolute atomic E-state index is 0.0189. The van der Waals surface area contributed by atoms with Gasteiger partial charge in [-0.05, 0) is 56.2 Å². The summed E-state index contributed by atoms with van der Waals surface area (Å²) in [5.74, 6) is 5.40. The number of aliphatic hydroxyl groups is 1. The lowest BCUT2D eigenvalue weighted by Crippen LogP contribution is -2.49. The number of pyridine rings is 1. The van der Waals surface area contributed by atoms with Crippen LogP contribution in [0.3, 0.4) is 0 Å². The summed E-state index contributed by atoms with van der Waals surface area (Å²) in [5, 5.41) is 15.7. The summed E-state index contributed by atoms with van der Waals surface area (Å²) in [5.41, 5.74) is 2.12. The first-order valence-electron chi connectivity index (χ1n) is 11.6. The van der Waals surface area contributed by atoms with Gasteiger partial charge in [-0.15, -0.1) is 11.3 Å². The Labute approximate surface area is 214 Å². The fourth-order valence-corrected chi connectivity index (χ4v) is 4.39. The molecule has 0 bridgehead atoms. The van der Waals surface area contributed by atoms with E-state index in [1.165, 1.54) is 4.90 Å². The maximum Gasteiger partial charge on any atom is 0.270 e. The Morgan fingerprint density at radius 2 is 2.14 bits per heavy atom. The predicted octanol–water partition coefficient (Wildman–Crippen LogP) is 2.97. The van der Waals surface area contributed by atoms with Gasteiger partial charge in [0.05, 0.1) is 16.4 Å². The molecule has 2 aromatic heterocycles. The van der Waals surface area contributed by atoms with E-state index < -0.39 is 17.6 Å². The summed E-state index contributed by atoms with van der Waals surface area (Å²) in [7, 11) is 1.62. The van der Waals surface area contributed by atoms with Crippen molar-refractivity contribution in [3.05, 3.63) is 69.4 Å². The first-order valence-corrected chi connectivity index (χ1v) is 12.5. The van der Waals surface area contributed by atoms with E-state index >= 15 is 0 Å². The highest BCUT2D eigenvalue weighted by Gasteiger charge is 2.31. The number of likely N-dealkylation sites (N-methyl/N-ethyl adjacent to an activating group) is 1. The van der Waals surface area contributed by atoms with Gasteiger partial charge in [0.2, 0.25) is 0 Å². The van der Waals surface area contributed by atoms with Gasteiger partial charge in [-0.2, -0.15) is 0 Å². The topological polar surface area (TPSA) is 105 Å². The van der Waals surface area contributed by atoms with Gasteiger partial charge in [0.25, 0.3) is 11.8 Å². The Morgan fingerprint density at radius 1 is 1.33 bits per heavy atom. The third kappa shape index (κ3) is 6.08. The van der Waals surface area contributed by atoms with Crippen molar-refractivity contribution in [1.29, 1.82) is 0 Å². The zero-order valence-corrected chi connectivity index (χ0v) is 21.5. The van der Waals surface area contributed by atoms with E-state index in [-0.39, 0.29) is 18.2 Å². The summed E-state index contributed by atoms with van der Waals surface area (Å²) >= 11 is 1.62. The normalized spacial score (nSPS) is 15.3. The zero-order valence-electron chi connectivity index (χ0n) is 20.7. The van der Waals surface area contributed by atoms with Crippen molar-refractivity contribution >= 4 is 28.8 Å². The molecule has 1 aromatic carbocycles. The van der Waals surface area contributed by atoms with Gasteiger partial charge in [0.15, 0.2) is 0 Å². The van der Waals surface area contributed by atoms with Gasteiger partial charge in [0, 0.05) is 30.6 Å². The molecule has 0 unspecified atom stereocenters. The molecular formula is C27H28N4O4S. The summed E-state index contributed by atoms with van der Waals surface area (Å²) in [4.78, 5) is 36.4. The number of nitrogens with zero attached hydrogens (tertiary/aromatic N) is 3. The number of rotatable bonds is 5. The number of anilines is 1. The number of aryl methyl sites for hydroxylation is 1. The first kappa shape index (κ1) is 25.4. The molecule has 0 aliphatic carbocycles. The second kappa shape index (κ2) is 10.5. The predicted molar refractivity (Wildman–Crippen MR) is 138 cm³/mol. The van der Waals surface area contributed by atoms with Crippen LogP contribution in [0.4, 0.5) is 5.69 Å². The highest BCUT2D eigenvalue weighted by molar-refractivity contribution is 7.09. The first-order chi connectivity index (χ1) is 17.1. The van der Waals surface area contributed by atoms with Crippen molar-refractivity contribution in [2.75, 3.05) is 18.6 Å². The molecular weight excluding hydrogens is 476 g/mol. The Balaban J connectivity index is 1.47. The second-order valence-corrected chi connectivity index (χ2v) is 9.98. The number of hydrogen-bond acceptors (Lipinski definition) is 7. The number of amides is 2. The maximum atomic E-state index is 13.2. The molecule has 4 rings (SSSR count). The number of benzene rings is 1. The highest BCUT2D eigenvalue weighted by Crippen LogP contribution is 2.31. The molecule has 1 atom stereocenters. The minimum atomic E-state index is -1.13. The molecule has 1 aliphatic heterocycles. The Morgan fingerprint density at radius 3 is 2.86 bits per heavy atom. The van der Waals surface area contributed by atoms with Crippen molar-refractivity contribution in [1.82, 2.24) is 15.3 Å². The molecule has 2 amide bonds. The molecule has 36 heavy (non-hydrogen) atoms. The number of thiazole rings is 1. The number of carbonyl (C=O) groups is 2. The zero-order chi connectivity index (χ0) is 25.9. The molecule has 186 valence electrons. The van der Waals surface area contributed by atoms with Crippen LogP contribution in [0, 0.1) is 11.8 Å². The van der Waals surface area contributed by atoms with Gasteiger partial charge >= 0.3 is 0 Å². The number of aromatic nitrogens is 2. The molecule has 9 heteroatoms. The van der Waals surface area contributed by atoms with Crippen molar-refractivity contribution in [2.45, 2.75) is 45.3 Å². The highest BCUT2D eigenvalue weighted by atomic mass is 32.1. The third-order valence-electron chi connectivity index (χ3n) is 5.52. The van der Waals surface area contributed by atoms with Crippen molar-refractivity contribution in [2.24, 2.45) is 0 Å². The average Bonchev–Trinajstić information content (AvgIpc) is 3.27. The summed E-state index contributed by atoms with van der Waals surface area (Å²) in [6, 6.07) is 7.89. The quantitative estimate of drug-likeness (QED) is 0.518. The van der Waals surface area contributed by atoms with Gasteiger partial charge in [-0.1, -0.05) is 18.8 Å². The van der Waals surface area contributed by atoms with E-state index in [1.54, 1.807) is 62.7 Å². The Kier molecular flexibility index (Phi) is 7.38. The fraction of sp³-hybridized carbons (Fsp3) is 0.333. The van der Waals surface area contributed by atoms with E-state index in [0.717, 1.165) is 22.7 Å². The van der Waals surface area contributed by atoms with E-state index in [2.05, 4.69) is 34.0 Å². The fourth-order valence-electron chi connectivity index (χ4n) is 3.65. The standard InChI is InChI=1S/C27H28N4O4S/c1-5-24-29-19(16-36-24)12-18-9-11-28-20(13-18)25(32)30-21-15-35-23-7-6-17(8-10-27(2,3)34)14-22(23)31(4)26(21)33/h6-7,9,11,13-14,16,21,34H,5,12,15H2,1-4H3,(H,30,32)/t21-/m0/s1. The third-order valence-corrected chi connectivity index (χ3v) is 6.56. The van der Waals surface area contributed by atoms with Gasteiger partial charge in [-0.25, -0.2) is 4.98 Å². The van der Waals surface area contributed by atoms with Gasteiger partial charge in [-0.3, -0.25) is 14.6 Å². The second-order valence-electron chi connectivity index (χ2n) is 9.04. The van der Waals surface area contributed by atoms with Crippen LogP contribution < -0.4 is 15.0 Å². The molecule has 0 saturated heterocycles. The molecule has 0 radical (unpaired) electrons. The summed E-state index contributed by atoms with van der Waals surface area (Å²) < 4.78 is 5.85. The van der Waals surface area contributed by atoms with Crippen LogP contribution in [0.25, 0.3) is 0 Å². The van der Waals surface area contributed by atoms with Crippen LogP contribution in [0.5, 0.6) is 5.75 Å². The maximum absolute atomic E-state index is 13.2. The number of ether oxygens (including phenoxy) is 1. The average molecular weight is 505 g/mol. The monoisotopic (exact) mass is 504 g/mol. The molecule has 3 heterocycles. The van der Waals surface area contributed by atoms with Crippen LogP contribution in [-0.2, 0) is 17.6 Å². The molecule has 0 saturated carbocycles. The molecule has 1 aliphatic rings. The lowest BCUT2D eigenvalue weighted by atomic mass is 10.1. The van der Waals surface area contributed by atoms with E-state index in [9.17, 15) is 14.7 Å². The SMILES string of the molecule is CCc1nc(Cc2ccnc(C(=O)N[C@H]3COc4ccc(C#CC(C)(C)O)cc4N(C)C3=O)c2)cs1. The van der Waals surface area contributed by atoms with Crippen molar-refractivity contribution in [3.63, 3.8) is 0 Å². The lowest BCUT2D eigenvalue weighted by Gasteiger charge is -2.20. The molecule has 3 aromatic rings. The van der Waals surface area contributed by atoms with Gasteiger partial charge < -0.3 is 20.1 Å². The lowest BCUT2D eigenvalue weighted by molar-refractivity contribution is -0.120. The van der Waals surface area contributed by atoms with Crippen molar-refractivity contribution in [3.8, 4) is 17.6 Å². The van der Waals surface area contributed by atoms with Crippen LogP contribution in [0.1, 0.15) is 53.1 Å². The van der Waals surface area contributed by atoms with Crippen LogP contribution in [0.15, 0.2) is 41.9 Å². The smallest absolute Gasteiger partial charge is 0.270 e. The molecule has 8 nitrogen and oxygen atoms in total. The molecule has 0 fully saturated rings. The number of nitrogens with one attached hydrogen (secondary N) is 1. The number of carbonyl (C=O) groups excluding carboxylic acids is 2. The minimum Gasteiger partial charge on any atom is -0.489 e. The summed E-state index contributed by atoms with van der Waals surface area (Å²) in [6.07, 6.45) is 3.07. The Bertz CT molecular complexity index is 1350. The number of hydrogen-bond donors (Lipinski definition) is 2. The van der Waals surface area contributed by atoms with E-state index in [1.807, 2.05) is 11.4 Å². The number of fused-ring (bicyclic) bond motifs is 1. The molecule has 2 N–H and O–H groups in total. The van der Waals surface area contributed by atoms with E-state index in [0.29, 0.717) is 23.4 Å². The summed E-state index contributed by atoms with van der Waals surface area (Å²) in [6.45, 7) is 5.24. The largest absolute Gasteiger partial charge is 0.489 e. The van der Waals surface area contributed by atoms with Crippen LogP contribution in [0.2, 0.25) is 0 Å². The van der Waals surface area contributed by atoms with Crippen molar-refractivity contribution < 1.29 is 19.4 Å². The van der Waals surface area contributed by atoms with Crippen LogP contribution >= 0.6 is 11.3 Å².